The topological polar surface area (TPSA) is 12.9 Å². The summed E-state index contributed by atoms with van der Waals surface area (Å²) in [6, 6.07) is 4.39. The average molecular weight is 205 g/mol. The second-order valence-corrected chi connectivity index (χ2v) is 5.47. The standard InChI is InChI=1S/C14H23N/c1-5-6-12-7-8-13(15-11-12)9-10-14(2,3)4/h7-8,11H,5-6,9-10H2,1-4H3. The summed E-state index contributed by atoms with van der Waals surface area (Å²) in [6.07, 6.45) is 6.67. The van der Waals surface area contributed by atoms with Crippen LogP contribution in [0.15, 0.2) is 18.3 Å². The number of aromatic nitrogens is 1. The maximum Gasteiger partial charge on any atom is 0.0404 e. The van der Waals surface area contributed by atoms with E-state index in [4.69, 9.17) is 0 Å². The molecule has 15 heavy (non-hydrogen) atoms. The van der Waals surface area contributed by atoms with Gasteiger partial charge in [0.05, 0.1) is 0 Å². The fraction of sp³-hybridized carbons (Fsp3) is 0.643. The number of nitrogens with zero attached hydrogens (tertiary/aromatic N) is 1. The van der Waals surface area contributed by atoms with E-state index < -0.39 is 0 Å². The molecule has 0 fully saturated rings. The van der Waals surface area contributed by atoms with Crippen LogP contribution in [0.1, 0.15) is 51.8 Å². The van der Waals surface area contributed by atoms with Gasteiger partial charge in [-0.15, -0.1) is 0 Å². The maximum atomic E-state index is 4.50. The Morgan fingerprint density at radius 1 is 1.13 bits per heavy atom. The van der Waals surface area contributed by atoms with Crippen molar-refractivity contribution in [2.75, 3.05) is 0 Å². The zero-order valence-electron chi connectivity index (χ0n) is 10.5. The summed E-state index contributed by atoms with van der Waals surface area (Å²) in [4.78, 5) is 4.50. The molecule has 0 unspecified atom stereocenters. The molecule has 1 rings (SSSR count). The summed E-state index contributed by atoms with van der Waals surface area (Å²) in [5.74, 6) is 0. The molecule has 1 heteroatoms. The lowest BCUT2D eigenvalue weighted by Gasteiger charge is -2.17. The molecular formula is C14H23N. The number of rotatable bonds is 4. The largest absolute Gasteiger partial charge is 0.261 e. The normalized spacial score (nSPS) is 11.7. The molecular weight excluding hydrogens is 182 g/mol. The first kappa shape index (κ1) is 12.2. The zero-order chi connectivity index (χ0) is 11.3. The molecule has 0 radical (unpaired) electrons. The summed E-state index contributed by atoms with van der Waals surface area (Å²) in [5, 5.41) is 0. The summed E-state index contributed by atoms with van der Waals surface area (Å²) >= 11 is 0. The molecule has 1 aromatic rings. The van der Waals surface area contributed by atoms with Gasteiger partial charge in [-0.05, 0) is 36.3 Å². The van der Waals surface area contributed by atoms with Crippen LogP contribution in [0, 0.1) is 5.41 Å². The van der Waals surface area contributed by atoms with Crippen LogP contribution in [-0.2, 0) is 12.8 Å². The van der Waals surface area contributed by atoms with E-state index in [1.807, 2.05) is 6.20 Å². The fourth-order valence-corrected chi connectivity index (χ4v) is 1.54. The van der Waals surface area contributed by atoms with Crippen LogP contribution in [-0.4, -0.2) is 4.98 Å². The lowest BCUT2D eigenvalue weighted by Crippen LogP contribution is -2.07. The van der Waals surface area contributed by atoms with Crippen molar-refractivity contribution >= 4 is 0 Å². The molecule has 0 spiro atoms. The number of hydrogen-bond acceptors (Lipinski definition) is 1. The first-order valence-corrected chi connectivity index (χ1v) is 5.95. The Bertz CT molecular complexity index is 279. The van der Waals surface area contributed by atoms with Crippen LogP contribution in [0.5, 0.6) is 0 Å². The van der Waals surface area contributed by atoms with Gasteiger partial charge in [-0.2, -0.15) is 0 Å². The Kier molecular flexibility index (Phi) is 4.31. The van der Waals surface area contributed by atoms with Crippen molar-refractivity contribution in [1.29, 1.82) is 0 Å². The van der Waals surface area contributed by atoms with Crippen LogP contribution >= 0.6 is 0 Å². The van der Waals surface area contributed by atoms with Gasteiger partial charge in [0.15, 0.2) is 0 Å². The smallest absolute Gasteiger partial charge is 0.0404 e. The Morgan fingerprint density at radius 2 is 1.87 bits per heavy atom. The second kappa shape index (κ2) is 5.29. The highest BCUT2D eigenvalue weighted by atomic mass is 14.7. The molecule has 84 valence electrons. The molecule has 0 aliphatic rings. The van der Waals surface area contributed by atoms with Gasteiger partial charge in [-0.1, -0.05) is 40.2 Å². The van der Waals surface area contributed by atoms with Gasteiger partial charge in [-0.25, -0.2) is 0 Å². The third-order valence-corrected chi connectivity index (χ3v) is 2.56. The molecule has 0 aliphatic carbocycles. The molecule has 0 atom stereocenters. The van der Waals surface area contributed by atoms with Gasteiger partial charge < -0.3 is 0 Å². The number of pyridine rings is 1. The van der Waals surface area contributed by atoms with Crippen molar-refractivity contribution in [1.82, 2.24) is 4.98 Å². The first-order chi connectivity index (χ1) is 7.01. The van der Waals surface area contributed by atoms with Gasteiger partial charge in [0.2, 0.25) is 0 Å². The van der Waals surface area contributed by atoms with Gasteiger partial charge in [-0.3, -0.25) is 4.98 Å². The third-order valence-electron chi connectivity index (χ3n) is 2.56. The third kappa shape index (κ3) is 4.96. The predicted molar refractivity (Wildman–Crippen MR) is 66.0 cm³/mol. The zero-order valence-corrected chi connectivity index (χ0v) is 10.5. The van der Waals surface area contributed by atoms with E-state index in [2.05, 4.69) is 44.8 Å². The minimum atomic E-state index is 0.407. The molecule has 0 saturated carbocycles. The van der Waals surface area contributed by atoms with E-state index in [0.717, 1.165) is 12.8 Å². The minimum Gasteiger partial charge on any atom is -0.261 e. The lowest BCUT2D eigenvalue weighted by molar-refractivity contribution is 0.376. The van der Waals surface area contributed by atoms with E-state index in [1.54, 1.807) is 0 Å². The lowest BCUT2D eigenvalue weighted by atomic mass is 9.90. The molecule has 1 nitrogen and oxygen atoms in total. The van der Waals surface area contributed by atoms with Gasteiger partial charge >= 0.3 is 0 Å². The summed E-state index contributed by atoms with van der Waals surface area (Å²) < 4.78 is 0. The molecule has 0 bridgehead atoms. The van der Waals surface area contributed by atoms with Crippen molar-refractivity contribution in [2.24, 2.45) is 5.41 Å². The number of hydrogen-bond donors (Lipinski definition) is 0. The average Bonchev–Trinajstić information content (AvgIpc) is 2.16. The summed E-state index contributed by atoms with van der Waals surface area (Å²) in [6.45, 7) is 9.03. The molecule has 1 heterocycles. The van der Waals surface area contributed by atoms with Crippen molar-refractivity contribution < 1.29 is 0 Å². The Labute approximate surface area is 93.9 Å². The first-order valence-electron chi connectivity index (χ1n) is 5.95. The number of aryl methyl sites for hydroxylation is 2. The van der Waals surface area contributed by atoms with Gasteiger partial charge in [0, 0.05) is 11.9 Å². The highest BCUT2D eigenvalue weighted by Crippen LogP contribution is 2.20. The fourth-order valence-electron chi connectivity index (χ4n) is 1.54. The minimum absolute atomic E-state index is 0.407. The molecule has 0 saturated heterocycles. The summed E-state index contributed by atoms with van der Waals surface area (Å²) in [7, 11) is 0. The Balaban J connectivity index is 2.50. The molecule has 1 aromatic heterocycles. The van der Waals surface area contributed by atoms with Crippen LogP contribution in [0.4, 0.5) is 0 Å². The van der Waals surface area contributed by atoms with Crippen molar-refractivity contribution in [3.8, 4) is 0 Å². The van der Waals surface area contributed by atoms with E-state index in [9.17, 15) is 0 Å². The SMILES string of the molecule is CCCc1ccc(CCC(C)(C)C)nc1. The van der Waals surface area contributed by atoms with Gasteiger partial charge in [0.25, 0.3) is 0 Å². The van der Waals surface area contributed by atoms with E-state index >= 15 is 0 Å². The van der Waals surface area contributed by atoms with Crippen LogP contribution in [0.3, 0.4) is 0 Å². The van der Waals surface area contributed by atoms with Gasteiger partial charge in [0.1, 0.15) is 0 Å². The summed E-state index contributed by atoms with van der Waals surface area (Å²) in [5.41, 5.74) is 2.99. The van der Waals surface area contributed by atoms with E-state index in [0.29, 0.717) is 5.41 Å². The van der Waals surface area contributed by atoms with Crippen molar-refractivity contribution in [3.63, 3.8) is 0 Å². The highest BCUT2D eigenvalue weighted by Gasteiger charge is 2.10. The molecule has 0 N–H and O–H groups in total. The van der Waals surface area contributed by atoms with Crippen molar-refractivity contribution in [2.45, 2.75) is 53.4 Å². The predicted octanol–water partition coefficient (Wildman–Crippen LogP) is 4.01. The second-order valence-electron chi connectivity index (χ2n) is 5.47. The maximum absolute atomic E-state index is 4.50. The molecule has 0 aromatic carbocycles. The highest BCUT2D eigenvalue weighted by molar-refractivity contribution is 5.14. The molecule has 0 amide bonds. The van der Waals surface area contributed by atoms with E-state index in [-0.39, 0.29) is 0 Å². The van der Waals surface area contributed by atoms with Crippen LogP contribution in [0.25, 0.3) is 0 Å². The Hall–Kier alpha value is -0.850. The van der Waals surface area contributed by atoms with E-state index in [1.165, 1.54) is 24.1 Å². The van der Waals surface area contributed by atoms with Crippen molar-refractivity contribution in [3.05, 3.63) is 29.6 Å². The monoisotopic (exact) mass is 205 g/mol. The van der Waals surface area contributed by atoms with Crippen LogP contribution < -0.4 is 0 Å². The molecule has 0 aliphatic heterocycles. The Morgan fingerprint density at radius 3 is 2.33 bits per heavy atom. The quantitative estimate of drug-likeness (QED) is 0.723. The van der Waals surface area contributed by atoms with Crippen LogP contribution in [0.2, 0.25) is 0 Å².